The smallest absolute Gasteiger partial charge is 0.258 e. The minimum absolute atomic E-state index is 0.0153. The standard InChI is InChI=1S/C30H34N4O6S3/c1-22-10-16-26(17-11-22)42(37,38)33-19-27(31-21-33)23(20-41-25-14-12-24(13-15-25)30(2,3)4)18-32(5)43(39,40)29-9-7-6-8-28(29)34(35)36/h6-17,19,21,23H,18,20H2,1-5H3. The Kier molecular flexibility index (Phi) is 9.50. The lowest BCUT2D eigenvalue weighted by Gasteiger charge is -2.23. The van der Waals surface area contributed by atoms with Crippen LogP contribution in [0.1, 0.15) is 43.5 Å². The average Bonchev–Trinajstić information content (AvgIpc) is 3.46. The van der Waals surface area contributed by atoms with Crippen LogP contribution in [0.4, 0.5) is 5.69 Å². The number of nitro benzene ring substituents is 1. The number of sulfonamides is 1. The Morgan fingerprint density at radius 1 is 0.977 bits per heavy atom. The van der Waals surface area contributed by atoms with Gasteiger partial charge in [-0.3, -0.25) is 10.1 Å². The second kappa shape index (κ2) is 12.6. The molecule has 0 N–H and O–H groups in total. The largest absolute Gasteiger partial charge is 0.289 e. The van der Waals surface area contributed by atoms with Gasteiger partial charge in [0.15, 0.2) is 4.90 Å². The molecule has 228 valence electrons. The highest BCUT2D eigenvalue weighted by atomic mass is 32.2. The molecule has 43 heavy (non-hydrogen) atoms. The summed E-state index contributed by atoms with van der Waals surface area (Å²) in [7, 11) is -6.84. The van der Waals surface area contributed by atoms with Gasteiger partial charge in [0.2, 0.25) is 10.0 Å². The monoisotopic (exact) mass is 642 g/mol. The molecule has 4 rings (SSSR count). The second-order valence-corrected chi connectivity index (χ2v) is 16.2. The molecule has 1 heterocycles. The van der Waals surface area contributed by atoms with Crippen LogP contribution in [0.15, 0.2) is 100 Å². The van der Waals surface area contributed by atoms with E-state index in [4.69, 9.17) is 0 Å². The zero-order valence-electron chi connectivity index (χ0n) is 24.5. The molecule has 0 spiro atoms. The number of rotatable bonds is 11. The SMILES string of the molecule is Cc1ccc(S(=O)(=O)n2cnc(C(CSc3ccc(C(C)(C)C)cc3)CN(C)S(=O)(=O)c3ccccc3[N+](=O)[O-])c2)cc1. The fraction of sp³-hybridized carbons (Fsp3) is 0.300. The van der Waals surface area contributed by atoms with Crippen LogP contribution in [0, 0.1) is 17.0 Å². The van der Waals surface area contributed by atoms with Gasteiger partial charge in [-0.05, 0) is 48.2 Å². The number of likely N-dealkylation sites (N-methyl/N-ethyl adjacent to an activating group) is 1. The number of nitro groups is 1. The Hall–Kier alpha value is -3.52. The highest BCUT2D eigenvalue weighted by Crippen LogP contribution is 2.32. The van der Waals surface area contributed by atoms with Crippen molar-refractivity contribution in [2.75, 3.05) is 19.3 Å². The van der Waals surface area contributed by atoms with E-state index >= 15 is 0 Å². The molecule has 4 aromatic rings. The van der Waals surface area contributed by atoms with Crippen LogP contribution in [-0.4, -0.2) is 54.4 Å². The quantitative estimate of drug-likeness (QED) is 0.113. The summed E-state index contributed by atoms with van der Waals surface area (Å²) in [5.74, 6) is -0.183. The number of aryl methyl sites for hydroxylation is 1. The number of nitrogens with zero attached hydrogens (tertiary/aromatic N) is 4. The lowest BCUT2D eigenvalue weighted by atomic mass is 9.87. The molecule has 0 fully saturated rings. The summed E-state index contributed by atoms with van der Waals surface area (Å²) >= 11 is 1.49. The summed E-state index contributed by atoms with van der Waals surface area (Å²) in [6.45, 7) is 8.14. The van der Waals surface area contributed by atoms with E-state index in [9.17, 15) is 26.9 Å². The Morgan fingerprint density at radius 3 is 2.21 bits per heavy atom. The summed E-state index contributed by atoms with van der Waals surface area (Å²) in [5.41, 5.74) is 1.93. The first kappa shape index (κ1) is 32.4. The zero-order chi connectivity index (χ0) is 31.6. The molecular formula is C30H34N4O6S3. The topological polar surface area (TPSA) is 132 Å². The van der Waals surface area contributed by atoms with E-state index < -0.39 is 41.5 Å². The summed E-state index contributed by atoms with van der Waals surface area (Å²) in [5, 5.41) is 11.6. The number of aromatic nitrogens is 2. The molecule has 0 saturated carbocycles. The highest BCUT2D eigenvalue weighted by molar-refractivity contribution is 7.99. The van der Waals surface area contributed by atoms with Gasteiger partial charge in [0.05, 0.1) is 15.5 Å². The van der Waals surface area contributed by atoms with E-state index in [0.29, 0.717) is 11.4 Å². The van der Waals surface area contributed by atoms with E-state index in [-0.39, 0.29) is 16.9 Å². The fourth-order valence-electron chi connectivity index (χ4n) is 4.38. The molecule has 0 amide bonds. The summed E-state index contributed by atoms with van der Waals surface area (Å²) in [6, 6.07) is 19.7. The first-order valence-electron chi connectivity index (χ1n) is 13.4. The van der Waals surface area contributed by atoms with Gasteiger partial charge in [0.25, 0.3) is 15.7 Å². The van der Waals surface area contributed by atoms with Gasteiger partial charge in [0, 0.05) is 42.4 Å². The molecule has 13 heteroatoms. The van der Waals surface area contributed by atoms with Gasteiger partial charge in [-0.2, -0.15) is 0 Å². The molecule has 0 radical (unpaired) electrons. The van der Waals surface area contributed by atoms with E-state index in [0.717, 1.165) is 24.8 Å². The summed E-state index contributed by atoms with van der Waals surface area (Å²) in [4.78, 5) is 15.8. The Labute approximate surface area is 257 Å². The zero-order valence-corrected chi connectivity index (χ0v) is 27.0. The molecular weight excluding hydrogens is 609 g/mol. The van der Waals surface area contributed by atoms with Gasteiger partial charge in [-0.25, -0.2) is 30.1 Å². The van der Waals surface area contributed by atoms with Crippen molar-refractivity contribution in [2.24, 2.45) is 0 Å². The van der Waals surface area contributed by atoms with Crippen molar-refractivity contribution in [3.8, 4) is 0 Å². The second-order valence-electron chi connectivity index (χ2n) is 11.2. The fourth-order valence-corrected chi connectivity index (χ4v) is 7.89. The van der Waals surface area contributed by atoms with E-state index in [1.54, 1.807) is 12.1 Å². The van der Waals surface area contributed by atoms with Crippen LogP contribution in [-0.2, 0) is 25.5 Å². The van der Waals surface area contributed by atoms with Gasteiger partial charge in [0.1, 0.15) is 6.33 Å². The molecule has 0 aliphatic rings. The number of thioether (sulfide) groups is 1. The maximum atomic E-state index is 13.5. The molecule has 1 aromatic heterocycles. The molecule has 0 aliphatic carbocycles. The van der Waals surface area contributed by atoms with Gasteiger partial charge in [-0.15, -0.1) is 11.8 Å². The van der Waals surface area contributed by atoms with E-state index in [1.165, 1.54) is 67.2 Å². The van der Waals surface area contributed by atoms with Crippen LogP contribution < -0.4 is 0 Å². The third kappa shape index (κ3) is 7.35. The van der Waals surface area contributed by atoms with Crippen molar-refractivity contribution in [3.63, 3.8) is 0 Å². The third-order valence-electron chi connectivity index (χ3n) is 6.99. The number of imidazole rings is 1. The number of para-hydroxylation sites is 1. The average molecular weight is 643 g/mol. The van der Waals surface area contributed by atoms with Crippen molar-refractivity contribution in [2.45, 2.75) is 53.7 Å². The lowest BCUT2D eigenvalue weighted by molar-refractivity contribution is -0.387. The Bertz CT molecular complexity index is 1810. The van der Waals surface area contributed by atoms with Crippen molar-refractivity contribution < 1.29 is 21.8 Å². The van der Waals surface area contributed by atoms with Crippen molar-refractivity contribution in [3.05, 3.63) is 112 Å². The van der Waals surface area contributed by atoms with Crippen LogP contribution >= 0.6 is 11.8 Å². The van der Waals surface area contributed by atoms with Gasteiger partial charge < -0.3 is 0 Å². The molecule has 10 nitrogen and oxygen atoms in total. The number of hydrogen-bond donors (Lipinski definition) is 0. The Morgan fingerprint density at radius 2 is 1.60 bits per heavy atom. The van der Waals surface area contributed by atoms with Gasteiger partial charge in [-0.1, -0.05) is 62.7 Å². The lowest BCUT2D eigenvalue weighted by Crippen LogP contribution is -2.32. The Balaban J connectivity index is 1.66. The van der Waals surface area contributed by atoms with Crippen molar-refractivity contribution >= 4 is 37.5 Å². The van der Waals surface area contributed by atoms with E-state index in [2.05, 4.69) is 25.8 Å². The first-order valence-corrected chi connectivity index (χ1v) is 17.3. The van der Waals surface area contributed by atoms with Gasteiger partial charge >= 0.3 is 0 Å². The highest BCUT2D eigenvalue weighted by Gasteiger charge is 2.32. The van der Waals surface area contributed by atoms with Crippen LogP contribution in [0.3, 0.4) is 0 Å². The van der Waals surface area contributed by atoms with Crippen molar-refractivity contribution in [1.29, 1.82) is 0 Å². The predicted octanol–water partition coefficient (Wildman–Crippen LogP) is 5.83. The van der Waals surface area contributed by atoms with Crippen LogP contribution in [0.25, 0.3) is 0 Å². The molecule has 1 unspecified atom stereocenters. The van der Waals surface area contributed by atoms with Crippen molar-refractivity contribution in [1.82, 2.24) is 13.3 Å². The molecule has 0 bridgehead atoms. The summed E-state index contributed by atoms with van der Waals surface area (Å²) in [6.07, 6.45) is 2.60. The number of hydrogen-bond acceptors (Lipinski definition) is 8. The predicted molar refractivity (Wildman–Crippen MR) is 168 cm³/mol. The molecule has 3 aromatic carbocycles. The summed E-state index contributed by atoms with van der Waals surface area (Å²) < 4.78 is 55.7. The first-order chi connectivity index (χ1) is 20.1. The normalized spacial score (nSPS) is 13.3. The molecule has 1 atom stereocenters. The minimum Gasteiger partial charge on any atom is -0.258 e. The maximum Gasteiger partial charge on any atom is 0.289 e. The third-order valence-corrected chi connectivity index (χ3v) is 11.7. The van der Waals surface area contributed by atoms with E-state index in [1.807, 2.05) is 31.2 Å². The molecule has 0 saturated heterocycles. The van der Waals surface area contributed by atoms with Crippen LogP contribution in [0.2, 0.25) is 0 Å². The minimum atomic E-state index is -4.26. The number of benzene rings is 3. The van der Waals surface area contributed by atoms with Crippen LogP contribution in [0.5, 0.6) is 0 Å². The maximum absolute atomic E-state index is 13.5. The molecule has 0 aliphatic heterocycles.